The van der Waals surface area contributed by atoms with E-state index in [0.717, 1.165) is 5.56 Å². The number of nitrogens with zero attached hydrogens (tertiary/aromatic N) is 3. The fourth-order valence-corrected chi connectivity index (χ4v) is 4.20. The summed E-state index contributed by atoms with van der Waals surface area (Å²) in [4.78, 5) is 23.7. The number of nitrogens with one attached hydrogen (secondary N) is 1. The molecule has 3 aromatic rings. The number of carbonyl (C=O) groups excluding carboxylic acids is 1. The highest BCUT2D eigenvalue weighted by molar-refractivity contribution is 5.79. The monoisotopic (exact) mass is 494 g/mol. The van der Waals surface area contributed by atoms with Gasteiger partial charge in [-0.15, -0.1) is 0 Å². The molecule has 1 saturated heterocycles. The molecule has 1 amide bonds. The number of carbonyl (C=O) groups is 1. The average molecular weight is 494 g/mol. The molecule has 4 rings (SSSR count). The van der Waals surface area contributed by atoms with E-state index in [-0.39, 0.29) is 19.8 Å². The van der Waals surface area contributed by atoms with Crippen molar-refractivity contribution < 1.29 is 33.3 Å². The lowest BCUT2D eigenvalue weighted by Crippen LogP contribution is -2.56. The third-order valence-electron chi connectivity index (χ3n) is 5.74. The Morgan fingerprint density at radius 2 is 1.80 bits per heavy atom. The van der Waals surface area contributed by atoms with Crippen LogP contribution in [0, 0.1) is 0 Å². The Labute approximate surface area is 200 Å². The Balaban J connectivity index is 0.00000361. The van der Waals surface area contributed by atoms with E-state index >= 15 is 0 Å². The molecule has 2 aromatic carbocycles. The first-order chi connectivity index (χ1) is 16.9. The number of ether oxygens (including phenoxy) is 2. The van der Waals surface area contributed by atoms with Gasteiger partial charge < -0.3 is 24.3 Å². The van der Waals surface area contributed by atoms with Gasteiger partial charge in [0.1, 0.15) is 0 Å². The number of alkyl halides is 4. The molecular formula is C24H26F4N4O3. The van der Waals surface area contributed by atoms with Crippen LogP contribution in [0.2, 0.25) is 0 Å². The number of piperazine rings is 1. The van der Waals surface area contributed by atoms with Gasteiger partial charge in [0.05, 0.1) is 18.8 Å². The molecule has 0 aliphatic carbocycles. The second kappa shape index (κ2) is 11.1. The molecule has 0 bridgehead atoms. The fourth-order valence-electron chi connectivity index (χ4n) is 4.20. The van der Waals surface area contributed by atoms with Crippen molar-refractivity contribution in [2.24, 2.45) is 0 Å². The first-order valence-electron chi connectivity index (χ1n) is 11.0. The lowest BCUT2D eigenvalue weighted by atomic mass is 10.0. The van der Waals surface area contributed by atoms with Gasteiger partial charge in [-0.25, -0.2) is 4.98 Å². The molecule has 0 spiro atoms. The minimum absolute atomic E-state index is 0. The van der Waals surface area contributed by atoms with Gasteiger partial charge in [-0.2, -0.15) is 17.6 Å². The van der Waals surface area contributed by atoms with Crippen LogP contribution in [0.4, 0.5) is 23.2 Å². The number of anilines is 1. The van der Waals surface area contributed by atoms with E-state index in [2.05, 4.69) is 19.4 Å². The van der Waals surface area contributed by atoms with E-state index in [1.54, 1.807) is 6.20 Å². The normalized spacial score (nSPS) is 16.1. The summed E-state index contributed by atoms with van der Waals surface area (Å²) in [5.41, 5.74) is 2.25. The van der Waals surface area contributed by atoms with E-state index in [9.17, 15) is 22.4 Å². The maximum absolute atomic E-state index is 13.1. The van der Waals surface area contributed by atoms with Gasteiger partial charge in [0, 0.05) is 44.7 Å². The van der Waals surface area contributed by atoms with Gasteiger partial charge in [-0.05, 0) is 24.1 Å². The van der Waals surface area contributed by atoms with Crippen molar-refractivity contribution in [3.63, 3.8) is 0 Å². The molecule has 1 aliphatic heterocycles. The second-order valence-corrected chi connectivity index (χ2v) is 8.02. The molecule has 1 unspecified atom stereocenters. The number of benzene rings is 2. The van der Waals surface area contributed by atoms with Gasteiger partial charge in [0.25, 0.3) is 0 Å². The molecule has 35 heavy (non-hydrogen) atoms. The predicted molar refractivity (Wildman–Crippen MR) is 122 cm³/mol. The zero-order valence-corrected chi connectivity index (χ0v) is 18.6. The molecule has 1 fully saturated rings. The number of aromatic nitrogens is 2. The van der Waals surface area contributed by atoms with Crippen molar-refractivity contribution in [3.05, 3.63) is 72.3 Å². The molecular weight excluding hydrogens is 468 g/mol. The third-order valence-corrected chi connectivity index (χ3v) is 5.74. The highest BCUT2D eigenvalue weighted by Gasteiger charge is 2.31. The van der Waals surface area contributed by atoms with Gasteiger partial charge in [-0.1, -0.05) is 30.3 Å². The topological polar surface area (TPSA) is 70.7 Å². The van der Waals surface area contributed by atoms with Gasteiger partial charge in [0.15, 0.2) is 11.5 Å². The van der Waals surface area contributed by atoms with Crippen LogP contribution >= 0.6 is 0 Å². The maximum Gasteiger partial charge on any atom is 0.387 e. The number of amides is 1. The van der Waals surface area contributed by atoms with E-state index in [0.29, 0.717) is 37.4 Å². The highest BCUT2D eigenvalue weighted by Crippen LogP contribution is 2.35. The van der Waals surface area contributed by atoms with Crippen LogP contribution in [-0.2, 0) is 17.6 Å². The van der Waals surface area contributed by atoms with Crippen molar-refractivity contribution in [2.75, 3.05) is 24.5 Å². The first-order valence-corrected chi connectivity index (χ1v) is 11.0. The fraction of sp³-hybridized carbons (Fsp3) is 0.333. The summed E-state index contributed by atoms with van der Waals surface area (Å²) in [6, 6.07) is 13.4. The van der Waals surface area contributed by atoms with Crippen molar-refractivity contribution in [2.45, 2.75) is 32.1 Å². The Bertz CT molecular complexity index is 1110. The standard InChI is InChI=1S/C24H24F4N4O3.H2/c25-23(26)34-20-7-6-18(12-21(20)35-24(27)28)31-8-9-32(22(33)11-17-13-29-15-30-17)19(14-31)10-16-4-2-1-3-5-16;/h1-7,12-13,15,19,23-24H,8-11,14H2,(H,29,30);1H. The number of aromatic amines is 1. The highest BCUT2D eigenvalue weighted by atomic mass is 19.3. The summed E-state index contributed by atoms with van der Waals surface area (Å²) in [5, 5.41) is 0. The molecule has 188 valence electrons. The van der Waals surface area contributed by atoms with Crippen LogP contribution in [-0.4, -0.2) is 59.7 Å². The Hall–Kier alpha value is -3.76. The number of imidazole rings is 1. The number of halogens is 4. The van der Waals surface area contributed by atoms with Gasteiger partial charge in [0.2, 0.25) is 5.91 Å². The molecule has 7 nitrogen and oxygen atoms in total. The summed E-state index contributed by atoms with van der Waals surface area (Å²) >= 11 is 0. The molecule has 11 heteroatoms. The molecule has 0 radical (unpaired) electrons. The number of rotatable bonds is 9. The summed E-state index contributed by atoms with van der Waals surface area (Å²) in [5.74, 6) is -1.01. The van der Waals surface area contributed by atoms with Gasteiger partial charge in [-0.3, -0.25) is 4.79 Å². The SMILES string of the molecule is O=C(Cc1cnc[nH]1)N1CCN(c2ccc(OC(F)F)c(OC(F)F)c2)CC1Cc1ccccc1.[HH]. The summed E-state index contributed by atoms with van der Waals surface area (Å²) < 4.78 is 59.9. The molecule has 2 heterocycles. The largest absolute Gasteiger partial charge is 0.431 e. The summed E-state index contributed by atoms with van der Waals surface area (Å²) in [6.07, 6.45) is 3.88. The smallest absolute Gasteiger partial charge is 0.387 e. The lowest BCUT2D eigenvalue weighted by Gasteiger charge is -2.43. The van der Waals surface area contributed by atoms with Gasteiger partial charge >= 0.3 is 13.2 Å². The van der Waals surface area contributed by atoms with Crippen LogP contribution in [0.5, 0.6) is 11.5 Å². The van der Waals surface area contributed by atoms with E-state index in [4.69, 9.17) is 0 Å². The van der Waals surface area contributed by atoms with Crippen LogP contribution in [0.3, 0.4) is 0 Å². The zero-order valence-electron chi connectivity index (χ0n) is 18.6. The molecule has 1 N–H and O–H groups in total. The zero-order chi connectivity index (χ0) is 24.8. The van der Waals surface area contributed by atoms with Crippen molar-refractivity contribution in [1.29, 1.82) is 0 Å². The van der Waals surface area contributed by atoms with Crippen molar-refractivity contribution in [1.82, 2.24) is 14.9 Å². The number of H-pyrrole nitrogens is 1. The molecule has 1 aliphatic rings. The van der Waals surface area contributed by atoms with E-state index < -0.39 is 24.7 Å². The second-order valence-electron chi connectivity index (χ2n) is 8.02. The minimum Gasteiger partial charge on any atom is -0.431 e. The Morgan fingerprint density at radius 1 is 1.06 bits per heavy atom. The van der Waals surface area contributed by atoms with E-state index in [1.807, 2.05) is 40.1 Å². The number of hydrogen-bond acceptors (Lipinski definition) is 5. The molecule has 1 atom stereocenters. The van der Waals surface area contributed by atoms with Crippen LogP contribution in [0.1, 0.15) is 12.7 Å². The van der Waals surface area contributed by atoms with Crippen LogP contribution < -0.4 is 14.4 Å². The van der Waals surface area contributed by atoms with Crippen LogP contribution in [0.15, 0.2) is 61.1 Å². The predicted octanol–water partition coefficient (Wildman–Crippen LogP) is 4.36. The third kappa shape index (κ3) is 6.43. The van der Waals surface area contributed by atoms with Crippen molar-refractivity contribution >= 4 is 11.6 Å². The molecule has 1 aromatic heterocycles. The number of hydrogen-bond donors (Lipinski definition) is 1. The Morgan fingerprint density at radius 3 is 2.49 bits per heavy atom. The van der Waals surface area contributed by atoms with Crippen LogP contribution in [0.25, 0.3) is 0 Å². The minimum atomic E-state index is -3.20. The summed E-state index contributed by atoms with van der Waals surface area (Å²) in [7, 11) is 0. The average Bonchev–Trinajstić information content (AvgIpc) is 3.33. The lowest BCUT2D eigenvalue weighted by molar-refractivity contribution is -0.133. The molecule has 0 saturated carbocycles. The Kier molecular flexibility index (Phi) is 7.74. The first kappa shape index (κ1) is 24.4. The summed E-state index contributed by atoms with van der Waals surface area (Å²) in [6.45, 7) is -5.16. The van der Waals surface area contributed by atoms with Crippen molar-refractivity contribution in [3.8, 4) is 11.5 Å². The van der Waals surface area contributed by atoms with E-state index in [1.165, 1.54) is 24.5 Å². The quantitative estimate of drug-likeness (QED) is 0.448. The maximum atomic E-state index is 13.1.